The minimum atomic E-state index is -5.02. The number of hydrogen-bond donors (Lipinski definition) is 3. The van der Waals surface area contributed by atoms with Crippen LogP contribution in [0.5, 0.6) is 0 Å². The number of rotatable bonds is 9. The highest BCUT2D eigenvalue weighted by Gasteiger charge is 2.55. The highest BCUT2D eigenvalue weighted by Crippen LogP contribution is 2.43. The molecule has 0 radical (unpaired) electrons. The maximum atomic E-state index is 13.8. The van der Waals surface area contributed by atoms with Crippen LogP contribution < -0.4 is 10.6 Å². The van der Waals surface area contributed by atoms with Gasteiger partial charge in [-0.3, -0.25) is 4.79 Å². The van der Waals surface area contributed by atoms with E-state index < -0.39 is 23.9 Å². The van der Waals surface area contributed by atoms with E-state index in [1.165, 1.54) is 19.2 Å². The van der Waals surface area contributed by atoms with Crippen molar-refractivity contribution in [1.29, 1.82) is 0 Å². The summed E-state index contributed by atoms with van der Waals surface area (Å²) in [5.41, 5.74) is -2.73. The number of aliphatic hydroxyl groups is 1. The second-order valence-corrected chi connectivity index (χ2v) is 8.38. The largest absolute Gasteiger partial charge is 0.423 e. The second-order valence-electron chi connectivity index (χ2n) is 7.19. The molecule has 2 atom stereocenters. The fourth-order valence-corrected chi connectivity index (χ4v) is 3.34. The van der Waals surface area contributed by atoms with Gasteiger partial charge in [-0.2, -0.15) is 13.2 Å². The van der Waals surface area contributed by atoms with Crippen LogP contribution >= 0.6 is 34.8 Å². The van der Waals surface area contributed by atoms with Crippen molar-refractivity contribution in [1.82, 2.24) is 5.32 Å². The summed E-state index contributed by atoms with van der Waals surface area (Å²) < 4.78 is 46.3. The van der Waals surface area contributed by atoms with Crippen molar-refractivity contribution in [3.05, 3.63) is 62.6 Å². The Balaban J connectivity index is 2.08. The lowest BCUT2D eigenvalue weighted by Gasteiger charge is -2.32. The molecule has 0 aliphatic carbocycles. The quantitative estimate of drug-likeness (QED) is 0.385. The average molecular weight is 514 g/mol. The topological polar surface area (TPSA) is 70.6 Å². The number of carbonyl (C=O) groups excluding carboxylic acids is 1. The van der Waals surface area contributed by atoms with Gasteiger partial charge in [0.2, 0.25) is 11.5 Å². The molecule has 0 heterocycles. The van der Waals surface area contributed by atoms with E-state index >= 15 is 0 Å². The van der Waals surface area contributed by atoms with Crippen LogP contribution in [0.2, 0.25) is 15.1 Å². The van der Waals surface area contributed by atoms with Crippen LogP contribution in [0.25, 0.3) is 0 Å². The molecule has 2 rings (SSSR count). The van der Waals surface area contributed by atoms with Gasteiger partial charge in [0.05, 0.1) is 34.1 Å². The maximum Gasteiger partial charge on any atom is 0.423 e. The van der Waals surface area contributed by atoms with E-state index in [1.54, 1.807) is 19.1 Å². The first kappa shape index (κ1) is 26.5. The molecule has 11 heteroatoms. The summed E-state index contributed by atoms with van der Waals surface area (Å²) in [6.45, 7) is 1.13. The fraction of sp³-hybridized carbons (Fsp3) is 0.381. The monoisotopic (exact) mass is 512 g/mol. The lowest BCUT2D eigenvalue weighted by atomic mass is 9.92. The number of anilines is 1. The maximum absolute atomic E-state index is 13.8. The van der Waals surface area contributed by atoms with Crippen LogP contribution in [0.1, 0.15) is 24.5 Å². The summed E-state index contributed by atoms with van der Waals surface area (Å²) in [7, 11) is 1.51. The molecule has 32 heavy (non-hydrogen) atoms. The molecule has 0 saturated carbocycles. The third-order valence-corrected chi connectivity index (χ3v) is 5.99. The number of amides is 1. The van der Waals surface area contributed by atoms with Crippen molar-refractivity contribution in [2.75, 3.05) is 19.0 Å². The zero-order chi connectivity index (χ0) is 24.1. The van der Waals surface area contributed by atoms with Gasteiger partial charge in [-0.1, -0.05) is 46.9 Å². The molecular weight excluding hydrogens is 492 g/mol. The van der Waals surface area contributed by atoms with Gasteiger partial charge in [-0.15, -0.1) is 0 Å². The highest BCUT2D eigenvalue weighted by atomic mass is 35.5. The summed E-state index contributed by atoms with van der Waals surface area (Å²) in [4.78, 5) is 11.8. The van der Waals surface area contributed by atoms with Crippen LogP contribution in [0.15, 0.2) is 36.4 Å². The summed E-state index contributed by atoms with van der Waals surface area (Å²) >= 11 is 17.5. The summed E-state index contributed by atoms with van der Waals surface area (Å²) in [6, 6.07) is 8.23. The van der Waals surface area contributed by atoms with Gasteiger partial charge in [0.25, 0.3) is 0 Å². The summed E-state index contributed by atoms with van der Waals surface area (Å²) in [5, 5.41) is 15.3. The molecule has 176 valence electrons. The Labute approximate surface area is 198 Å². The smallest absolute Gasteiger partial charge is 0.381 e. The van der Waals surface area contributed by atoms with Crippen molar-refractivity contribution < 1.29 is 27.8 Å². The minimum Gasteiger partial charge on any atom is -0.381 e. The Morgan fingerprint density at radius 2 is 1.69 bits per heavy atom. The van der Waals surface area contributed by atoms with Crippen LogP contribution in [0, 0.1) is 0 Å². The van der Waals surface area contributed by atoms with Gasteiger partial charge in [0.15, 0.2) is 0 Å². The normalized spacial score (nSPS) is 14.5. The zero-order valence-corrected chi connectivity index (χ0v) is 19.5. The average Bonchev–Trinajstić information content (AvgIpc) is 2.73. The number of nitrogens with one attached hydrogen (secondary N) is 2. The molecule has 3 N–H and O–H groups in total. The third kappa shape index (κ3) is 6.65. The van der Waals surface area contributed by atoms with Crippen LogP contribution in [0.4, 0.5) is 18.9 Å². The zero-order valence-electron chi connectivity index (χ0n) is 17.2. The lowest BCUT2D eigenvalue weighted by molar-refractivity contribution is -0.260. The predicted molar refractivity (Wildman–Crippen MR) is 119 cm³/mol. The van der Waals surface area contributed by atoms with Gasteiger partial charge in [0, 0.05) is 19.3 Å². The van der Waals surface area contributed by atoms with Crippen molar-refractivity contribution in [2.45, 2.75) is 37.8 Å². The Morgan fingerprint density at radius 3 is 2.19 bits per heavy atom. The predicted octanol–water partition coefficient (Wildman–Crippen LogP) is 5.55. The van der Waals surface area contributed by atoms with Crippen molar-refractivity contribution in [3.63, 3.8) is 0 Å². The van der Waals surface area contributed by atoms with Gasteiger partial charge in [-0.05, 0) is 42.3 Å². The van der Waals surface area contributed by atoms with E-state index in [-0.39, 0.29) is 40.0 Å². The number of methoxy groups -OCH3 is 1. The fourth-order valence-electron chi connectivity index (χ4n) is 2.75. The Kier molecular flexibility index (Phi) is 9.07. The summed E-state index contributed by atoms with van der Waals surface area (Å²) in [6.07, 6.45) is -5.02. The Hall–Kier alpha value is -1.71. The number of carbonyl (C=O) groups is 1. The van der Waals surface area contributed by atoms with Gasteiger partial charge in [-0.25, -0.2) is 0 Å². The van der Waals surface area contributed by atoms with Gasteiger partial charge < -0.3 is 20.5 Å². The van der Waals surface area contributed by atoms with E-state index in [2.05, 4.69) is 10.6 Å². The molecule has 0 bridgehead atoms. The van der Waals surface area contributed by atoms with Crippen molar-refractivity contribution >= 4 is 46.4 Å². The first-order chi connectivity index (χ1) is 14.9. The minimum absolute atomic E-state index is 0.103. The molecule has 2 aromatic rings. The lowest BCUT2D eigenvalue weighted by Crippen LogP contribution is -2.47. The molecule has 1 amide bonds. The van der Waals surface area contributed by atoms with E-state index in [9.17, 15) is 23.1 Å². The van der Waals surface area contributed by atoms with Crippen LogP contribution in [-0.4, -0.2) is 36.9 Å². The number of hydrogen-bond acceptors (Lipinski definition) is 4. The molecule has 2 aromatic carbocycles. The first-order valence-corrected chi connectivity index (χ1v) is 10.6. The second kappa shape index (κ2) is 10.9. The number of benzene rings is 2. The van der Waals surface area contributed by atoms with Crippen LogP contribution in [0.3, 0.4) is 0 Å². The van der Waals surface area contributed by atoms with Crippen molar-refractivity contribution in [3.8, 4) is 0 Å². The van der Waals surface area contributed by atoms with E-state index in [0.717, 1.165) is 17.7 Å². The molecule has 0 fully saturated rings. The molecule has 0 unspecified atom stereocenters. The Bertz CT molecular complexity index is 919. The van der Waals surface area contributed by atoms with Crippen molar-refractivity contribution in [2.24, 2.45) is 0 Å². The van der Waals surface area contributed by atoms with E-state index in [1.807, 2.05) is 0 Å². The molecular formula is C21H22Cl3F3N2O3. The first-order valence-electron chi connectivity index (χ1n) is 9.44. The SMILES string of the molecule is CO[C@H](C)CC(=O)NCc1ccc(NC[C@](O)(c2cc(Cl)c(Cl)c(Cl)c2)C(F)(F)F)cc1. The number of halogens is 6. The van der Waals surface area contributed by atoms with E-state index in [4.69, 9.17) is 39.5 Å². The molecule has 0 saturated heterocycles. The number of alkyl halides is 3. The van der Waals surface area contributed by atoms with E-state index in [0.29, 0.717) is 5.69 Å². The standard InChI is InChI=1S/C21H22Cl3F3N2O3/c1-12(32-2)7-18(30)28-10-13-3-5-15(6-4-13)29-11-20(31,21(25,26)27)14-8-16(22)19(24)17(23)9-14/h3-6,8-9,12,29,31H,7,10-11H2,1-2H3,(H,28,30)/t12-,20+/m1/s1. The molecule has 0 spiro atoms. The number of ether oxygens (including phenoxy) is 1. The Morgan fingerprint density at radius 1 is 1.12 bits per heavy atom. The molecule has 0 aliphatic rings. The third-order valence-electron chi connectivity index (χ3n) is 4.80. The molecule has 5 nitrogen and oxygen atoms in total. The molecule has 0 aromatic heterocycles. The van der Waals surface area contributed by atoms with Gasteiger partial charge >= 0.3 is 6.18 Å². The highest BCUT2D eigenvalue weighted by molar-refractivity contribution is 6.48. The van der Waals surface area contributed by atoms with Gasteiger partial charge in [0.1, 0.15) is 0 Å². The molecule has 0 aliphatic heterocycles. The van der Waals surface area contributed by atoms with Crippen LogP contribution in [-0.2, 0) is 21.7 Å². The summed E-state index contributed by atoms with van der Waals surface area (Å²) in [5.74, 6) is -0.183.